The number of hydrogen-bond donors (Lipinski definition) is 0. The molecule has 1 heteroatoms. The third kappa shape index (κ3) is 6.80. The summed E-state index contributed by atoms with van der Waals surface area (Å²) in [6, 6.07) is 39.9. The second kappa shape index (κ2) is 12.4. The molecule has 0 saturated carbocycles. The molecule has 0 aliphatic carbocycles. The van der Waals surface area contributed by atoms with Crippen molar-refractivity contribution in [3.8, 4) is 0 Å². The maximum absolute atomic E-state index is 3.78. The third-order valence-electron chi connectivity index (χ3n) is 4.97. The highest BCUT2D eigenvalue weighted by Gasteiger charge is 1.98. The Kier molecular flexibility index (Phi) is 9.04. The van der Waals surface area contributed by atoms with Crippen LogP contribution >= 0.6 is 15.9 Å². The lowest BCUT2D eigenvalue weighted by Gasteiger charge is -2.02. The molecule has 0 nitrogen and oxygen atoms in total. The van der Waals surface area contributed by atoms with Crippen molar-refractivity contribution in [3.05, 3.63) is 150 Å². The molecule has 0 amide bonds. The molecule has 0 heterocycles. The Bertz CT molecular complexity index is 1310. The largest absolute Gasteiger partial charge is 0.0991 e. The van der Waals surface area contributed by atoms with E-state index in [2.05, 4.69) is 127 Å². The fraction of sp³-hybridized carbons (Fsp3) is 0.0323. The molecule has 0 spiro atoms. The number of halogens is 1. The van der Waals surface area contributed by atoms with Crippen LogP contribution < -0.4 is 0 Å². The number of benzene rings is 2. The van der Waals surface area contributed by atoms with Crippen LogP contribution in [-0.2, 0) is 0 Å². The van der Waals surface area contributed by atoms with Gasteiger partial charge in [0.15, 0.2) is 0 Å². The highest BCUT2D eigenvalue weighted by molar-refractivity contribution is 9.10. The molecule has 0 radical (unpaired) electrons. The minimum atomic E-state index is 1.09. The van der Waals surface area contributed by atoms with Crippen molar-refractivity contribution in [1.29, 1.82) is 0 Å². The van der Waals surface area contributed by atoms with Crippen LogP contribution in [0.3, 0.4) is 0 Å². The van der Waals surface area contributed by atoms with Crippen molar-refractivity contribution in [1.82, 2.24) is 0 Å². The highest BCUT2D eigenvalue weighted by Crippen LogP contribution is 2.26. The molecule has 3 aromatic carbocycles. The maximum atomic E-state index is 3.78. The smallest absolute Gasteiger partial charge is 0.0181 e. The lowest BCUT2D eigenvalue weighted by molar-refractivity contribution is 1.47. The summed E-state index contributed by atoms with van der Waals surface area (Å²) in [6.07, 6.45) is 5.82. The van der Waals surface area contributed by atoms with Crippen molar-refractivity contribution in [2.45, 2.75) is 6.92 Å². The number of fused-ring (bicyclic) bond motifs is 3. The second-order valence-corrected chi connectivity index (χ2v) is 8.17. The first-order valence-corrected chi connectivity index (χ1v) is 11.4. The Labute approximate surface area is 199 Å². The predicted octanol–water partition coefficient (Wildman–Crippen LogP) is 9.64. The highest BCUT2D eigenvalue weighted by atomic mass is 79.9. The van der Waals surface area contributed by atoms with Gasteiger partial charge >= 0.3 is 0 Å². The molecular weight excluding hydrogens is 452 g/mol. The van der Waals surface area contributed by atoms with E-state index in [9.17, 15) is 0 Å². The van der Waals surface area contributed by atoms with Gasteiger partial charge in [-0.05, 0) is 51.7 Å². The molecule has 0 aliphatic rings. The van der Waals surface area contributed by atoms with Gasteiger partial charge in [0.1, 0.15) is 0 Å². The minimum absolute atomic E-state index is 1.09. The van der Waals surface area contributed by atoms with Crippen LogP contribution in [0.15, 0.2) is 138 Å². The Morgan fingerprint density at radius 3 is 2.00 bits per heavy atom. The van der Waals surface area contributed by atoms with E-state index in [4.69, 9.17) is 0 Å². The number of rotatable bonds is 2. The Morgan fingerprint density at radius 2 is 1.22 bits per heavy atom. The molecule has 158 valence electrons. The number of aryl methyl sites for hydroxylation is 1. The molecule has 0 atom stereocenters. The van der Waals surface area contributed by atoms with Gasteiger partial charge in [-0.3, -0.25) is 0 Å². The van der Waals surface area contributed by atoms with Crippen LogP contribution in [-0.4, -0.2) is 0 Å². The van der Waals surface area contributed by atoms with E-state index in [-0.39, 0.29) is 0 Å². The van der Waals surface area contributed by atoms with Crippen LogP contribution in [0.2, 0.25) is 0 Å². The fourth-order valence-electron chi connectivity index (χ4n) is 3.31. The van der Waals surface area contributed by atoms with E-state index < -0.39 is 0 Å². The second-order valence-electron chi connectivity index (χ2n) is 7.26. The molecule has 0 N–H and O–H groups in total. The third-order valence-corrected chi connectivity index (χ3v) is 5.47. The van der Waals surface area contributed by atoms with Crippen LogP contribution in [0, 0.1) is 6.92 Å². The van der Waals surface area contributed by atoms with Crippen LogP contribution in [0.5, 0.6) is 0 Å². The average molecular weight is 479 g/mol. The monoisotopic (exact) mass is 478 g/mol. The van der Waals surface area contributed by atoms with Crippen molar-refractivity contribution in [2.75, 3.05) is 0 Å². The van der Waals surface area contributed by atoms with Gasteiger partial charge in [-0.1, -0.05) is 144 Å². The minimum Gasteiger partial charge on any atom is -0.0991 e. The zero-order chi connectivity index (χ0) is 22.6. The van der Waals surface area contributed by atoms with Gasteiger partial charge in [0.25, 0.3) is 0 Å². The molecule has 0 unspecified atom stereocenters. The van der Waals surface area contributed by atoms with Crippen molar-refractivity contribution >= 4 is 43.6 Å². The van der Waals surface area contributed by atoms with Crippen LogP contribution in [0.1, 0.15) is 11.1 Å². The van der Waals surface area contributed by atoms with Gasteiger partial charge in [-0.25, -0.2) is 0 Å². The lowest BCUT2D eigenvalue weighted by Crippen LogP contribution is -1.75. The summed E-state index contributed by atoms with van der Waals surface area (Å²) < 4.78 is 1.09. The summed E-state index contributed by atoms with van der Waals surface area (Å²) in [4.78, 5) is 0. The first-order chi connectivity index (χ1) is 15.7. The normalized spacial score (nSPS) is 10.2. The number of allylic oxidation sites excluding steroid dienone is 2. The molecule has 0 bridgehead atoms. The molecule has 32 heavy (non-hydrogen) atoms. The summed E-state index contributed by atoms with van der Waals surface area (Å²) in [5.41, 5.74) is 2.33. The van der Waals surface area contributed by atoms with Gasteiger partial charge in [0.2, 0.25) is 0 Å². The predicted molar refractivity (Wildman–Crippen MR) is 146 cm³/mol. The van der Waals surface area contributed by atoms with Gasteiger partial charge in [-0.2, -0.15) is 0 Å². The van der Waals surface area contributed by atoms with E-state index in [1.54, 1.807) is 6.08 Å². The van der Waals surface area contributed by atoms with Gasteiger partial charge < -0.3 is 0 Å². The van der Waals surface area contributed by atoms with E-state index >= 15 is 0 Å². The Hall–Kier alpha value is -3.42. The summed E-state index contributed by atoms with van der Waals surface area (Å²) in [6.45, 7) is 5.89. The van der Waals surface area contributed by atoms with Gasteiger partial charge in [0, 0.05) is 4.47 Å². The zero-order valence-corrected chi connectivity index (χ0v) is 19.9. The van der Waals surface area contributed by atoms with Crippen LogP contribution in [0.25, 0.3) is 27.6 Å². The summed E-state index contributed by atoms with van der Waals surface area (Å²) in [5, 5.41) is 4.83. The van der Waals surface area contributed by atoms with Gasteiger partial charge in [0.05, 0.1) is 0 Å². The van der Waals surface area contributed by atoms with E-state index in [1.807, 2.05) is 30.3 Å². The molecule has 0 saturated heterocycles. The Morgan fingerprint density at radius 1 is 0.625 bits per heavy atom. The fourth-order valence-corrected chi connectivity index (χ4v) is 3.69. The topological polar surface area (TPSA) is 0 Å². The summed E-state index contributed by atoms with van der Waals surface area (Å²) in [5.74, 6) is 0. The average Bonchev–Trinajstić information content (AvgIpc) is 2.79. The SMILES string of the molecule is C=C/C=C\c1cccccc2ccc3cc(Br)ccc3c2cccccccccc1C. The first kappa shape index (κ1) is 23.2. The zero-order valence-electron chi connectivity index (χ0n) is 18.3. The van der Waals surface area contributed by atoms with Crippen LogP contribution in [0.4, 0.5) is 0 Å². The van der Waals surface area contributed by atoms with E-state index in [1.165, 1.54) is 27.1 Å². The van der Waals surface area contributed by atoms with E-state index in [0.29, 0.717) is 0 Å². The summed E-state index contributed by atoms with van der Waals surface area (Å²) in [7, 11) is 0. The molecule has 3 rings (SSSR count). The summed E-state index contributed by atoms with van der Waals surface area (Å²) >= 11 is 3.58. The molecule has 0 aliphatic heterocycles. The molecule has 0 fully saturated rings. The first-order valence-electron chi connectivity index (χ1n) is 10.6. The van der Waals surface area contributed by atoms with Gasteiger partial charge in [-0.15, -0.1) is 0 Å². The quantitative estimate of drug-likeness (QED) is 0.321. The Balaban J connectivity index is 2.27. The molecule has 0 aromatic heterocycles. The maximum Gasteiger partial charge on any atom is 0.0181 e. The molecule has 3 aromatic rings. The van der Waals surface area contributed by atoms with Crippen molar-refractivity contribution < 1.29 is 0 Å². The molecular formula is C31H27Br. The van der Waals surface area contributed by atoms with E-state index in [0.717, 1.165) is 10.0 Å². The number of hydrogen-bond acceptors (Lipinski definition) is 0. The van der Waals surface area contributed by atoms with Crippen molar-refractivity contribution in [2.24, 2.45) is 0 Å². The standard InChI is InChI=1S/C31H27Br/c1-3-4-16-26-17-12-10-13-18-27-20-21-28-24-29(32)22-23-31(28)30(27)19-14-9-7-5-6-8-11-15-25(26)2/h3-24H,1H2,2H3/b6-5?,7-5?,8-6?,9-7?,11-8?,12-10?,13-10?,14-9?,15-11?,16-4-,17-12?,18-13?,19-14?,25-15?,26-17?,26-25?,27-18?,30-19?. The van der Waals surface area contributed by atoms with Crippen molar-refractivity contribution in [3.63, 3.8) is 0 Å². The lowest BCUT2D eigenvalue weighted by atomic mass is 10.0.